The number of nitrogens with zero attached hydrogens (tertiary/aromatic N) is 1. The topological polar surface area (TPSA) is 38.5 Å². The first-order chi connectivity index (χ1) is 10.2. The molecule has 0 aliphatic carbocycles. The fourth-order valence-corrected chi connectivity index (χ4v) is 2.46. The van der Waals surface area contributed by atoms with Crippen molar-refractivity contribution in [3.05, 3.63) is 65.2 Å². The molecule has 2 rings (SSSR count). The molecule has 0 spiro atoms. The van der Waals surface area contributed by atoms with E-state index in [4.69, 9.17) is 10.5 Å². The molecule has 0 amide bonds. The molecule has 0 radical (unpaired) electrons. The Kier molecular flexibility index (Phi) is 5.78. The minimum absolute atomic E-state index is 0.663. The Morgan fingerprint density at radius 3 is 2.38 bits per heavy atom. The van der Waals surface area contributed by atoms with E-state index >= 15 is 0 Å². The Bertz CT molecular complexity index is 554. The highest BCUT2D eigenvalue weighted by Gasteiger charge is 2.08. The Balaban J connectivity index is 2.09. The van der Waals surface area contributed by atoms with Crippen LogP contribution in [-0.4, -0.2) is 25.1 Å². The average molecular weight is 284 g/mol. The molecular formula is C18H24N2O. The molecule has 3 heteroatoms. The molecule has 0 heterocycles. The summed E-state index contributed by atoms with van der Waals surface area (Å²) in [6, 6.07) is 16.9. The first-order valence-corrected chi connectivity index (χ1v) is 7.33. The van der Waals surface area contributed by atoms with Gasteiger partial charge in [0.1, 0.15) is 5.75 Å². The lowest BCUT2D eigenvalue weighted by Crippen LogP contribution is -2.28. The molecule has 0 unspecified atom stereocenters. The molecular weight excluding hydrogens is 260 g/mol. The van der Waals surface area contributed by atoms with Crippen LogP contribution in [0, 0.1) is 6.92 Å². The number of aryl methyl sites for hydroxylation is 1. The molecule has 0 fully saturated rings. The van der Waals surface area contributed by atoms with Crippen LogP contribution in [0.5, 0.6) is 5.75 Å². The van der Waals surface area contributed by atoms with E-state index in [1.54, 1.807) is 7.11 Å². The summed E-state index contributed by atoms with van der Waals surface area (Å²) in [4.78, 5) is 2.36. The maximum absolute atomic E-state index is 5.75. The van der Waals surface area contributed by atoms with Crippen LogP contribution in [0.15, 0.2) is 48.5 Å². The maximum Gasteiger partial charge on any atom is 0.122 e. The van der Waals surface area contributed by atoms with Gasteiger partial charge in [-0.05, 0) is 29.7 Å². The lowest BCUT2D eigenvalue weighted by Gasteiger charge is -2.22. The lowest BCUT2D eigenvalue weighted by molar-refractivity contribution is 0.264. The summed E-state index contributed by atoms with van der Waals surface area (Å²) >= 11 is 0. The summed E-state index contributed by atoms with van der Waals surface area (Å²) in [5, 5.41) is 0. The van der Waals surface area contributed by atoms with E-state index in [2.05, 4.69) is 54.3 Å². The molecule has 0 aromatic heterocycles. The summed E-state index contributed by atoms with van der Waals surface area (Å²) in [6.07, 6.45) is 0. The minimum atomic E-state index is 0.663. The number of rotatable bonds is 7. The van der Waals surface area contributed by atoms with Crippen molar-refractivity contribution in [1.29, 1.82) is 0 Å². The van der Waals surface area contributed by atoms with Gasteiger partial charge in [0.25, 0.3) is 0 Å². The summed E-state index contributed by atoms with van der Waals surface area (Å²) in [7, 11) is 1.72. The fraction of sp³-hybridized carbons (Fsp3) is 0.333. The smallest absolute Gasteiger partial charge is 0.122 e. The number of ether oxygens (including phenoxy) is 1. The third kappa shape index (κ3) is 4.59. The second-order valence-electron chi connectivity index (χ2n) is 5.29. The van der Waals surface area contributed by atoms with Crippen molar-refractivity contribution in [1.82, 2.24) is 4.90 Å². The Morgan fingerprint density at radius 1 is 1.00 bits per heavy atom. The zero-order valence-electron chi connectivity index (χ0n) is 12.9. The molecule has 0 aliphatic rings. The molecule has 2 aromatic rings. The normalized spacial score (nSPS) is 10.9. The Hall–Kier alpha value is -1.84. The van der Waals surface area contributed by atoms with Crippen LogP contribution in [0.4, 0.5) is 0 Å². The molecule has 3 nitrogen and oxygen atoms in total. The van der Waals surface area contributed by atoms with Gasteiger partial charge in [0.15, 0.2) is 0 Å². The van der Waals surface area contributed by atoms with Gasteiger partial charge in [-0.3, -0.25) is 4.90 Å². The van der Waals surface area contributed by atoms with E-state index in [0.29, 0.717) is 6.54 Å². The summed E-state index contributed by atoms with van der Waals surface area (Å²) in [6.45, 7) is 5.39. The third-order valence-electron chi connectivity index (χ3n) is 3.57. The van der Waals surface area contributed by atoms with Gasteiger partial charge in [-0.1, -0.05) is 42.5 Å². The van der Waals surface area contributed by atoms with E-state index in [1.165, 1.54) is 11.1 Å². The van der Waals surface area contributed by atoms with Gasteiger partial charge in [0.05, 0.1) is 7.11 Å². The third-order valence-corrected chi connectivity index (χ3v) is 3.57. The second kappa shape index (κ2) is 7.81. The summed E-state index contributed by atoms with van der Waals surface area (Å²) in [5.41, 5.74) is 9.47. The van der Waals surface area contributed by atoms with Crippen LogP contribution in [0.25, 0.3) is 0 Å². The van der Waals surface area contributed by atoms with E-state index < -0.39 is 0 Å². The maximum atomic E-state index is 5.75. The predicted octanol–water partition coefficient (Wildman–Crippen LogP) is 2.96. The van der Waals surface area contributed by atoms with Crippen molar-refractivity contribution in [3.8, 4) is 5.75 Å². The Labute approximate surface area is 127 Å². The molecule has 0 atom stereocenters. The standard InChI is InChI=1S/C18H24N2O/c1-15-8-9-17(12-18(15)21-2)14-20(11-10-19)13-16-6-4-3-5-7-16/h3-9,12H,10-11,13-14,19H2,1-2H3. The number of hydrogen-bond donors (Lipinski definition) is 1. The zero-order chi connectivity index (χ0) is 15.1. The largest absolute Gasteiger partial charge is 0.496 e. The highest BCUT2D eigenvalue weighted by atomic mass is 16.5. The summed E-state index contributed by atoms with van der Waals surface area (Å²) < 4.78 is 5.40. The first-order valence-electron chi connectivity index (χ1n) is 7.33. The van der Waals surface area contributed by atoms with Gasteiger partial charge in [0.2, 0.25) is 0 Å². The van der Waals surface area contributed by atoms with Crippen LogP contribution in [-0.2, 0) is 13.1 Å². The minimum Gasteiger partial charge on any atom is -0.496 e. The van der Waals surface area contributed by atoms with Crippen molar-refractivity contribution < 1.29 is 4.74 Å². The quantitative estimate of drug-likeness (QED) is 0.849. The number of benzene rings is 2. The molecule has 2 aromatic carbocycles. The van der Waals surface area contributed by atoms with E-state index in [0.717, 1.165) is 30.9 Å². The Morgan fingerprint density at radius 2 is 1.71 bits per heavy atom. The van der Waals surface area contributed by atoms with Crippen molar-refractivity contribution in [2.75, 3.05) is 20.2 Å². The number of nitrogens with two attached hydrogens (primary N) is 1. The monoisotopic (exact) mass is 284 g/mol. The van der Waals surface area contributed by atoms with Crippen molar-refractivity contribution in [2.24, 2.45) is 5.73 Å². The van der Waals surface area contributed by atoms with E-state index in [9.17, 15) is 0 Å². The van der Waals surface area contributed by atoms with E-state index in [1.807, 2.05) is 6.07 Å². The van der Waals surface area contributed by atoms with Gasteiger partial charge in [0, 0.05) is 26.2 Å². The van der Waals surface area contributed by atoms with Crippen LogP contribution in [0.2, 0.25) is 0 Å². The molecule has 0 bridgehead atoms. The molecule has 112 valence electrons. The van der Waals surface area contributed by atoms with Crippen LogP contribution >= 0.6 is 0 Å². The van der Waals surface area contributed by atoms with Gasteiger partial charge >= 0.3 is 0 Å². The van der Waals surface area contributed by atoms with Gasteiger partial charge in [-0.15, -0.1) is 0 Å². The van der Waals surface area contributed by atoms with E-state index in [-0.39, 0.29) is 0 Å². The molecule has 0 saturated carbocycles. The molecule has 21 heavy (non-hydrogen) atoms. The molecule has 0 aliphatic heterocycles. The average Bonchev–Trinajstić information content (AvgIpc) is 2.50. The first kappa shape index (κ1) is 15.5. The van der Waals surface area contributed by atoms with Crippen molar-refractivity contribution >= 4 is 0 Å². The highest BCUT2D eigenvalue weighted by Crippen LogP contribution is 2.20. The molecule has 2 N–H and O–H groups in total. The van der Waals surface area contributed by atoms with Crippen LogP contribution in [0.1, 0.15) is 16.7 Å². The van der Waals surface area contributed by atoms with Gasteiger partial charge in [-0.25, -0.2) is 0 Å². The van der Waals surface area contributed by atoms with Gasteiger partial charge in [-0.2, -0.15) is 0 Å². The van der Waals surface area contributed by atoms with Gasteiger partial charge < -0.3 is 10.5 Å². The SMILES string of the molecule is COc1cc(CN(CCN)Cc2ccccc2)ccc1C. The van der Waals surface area contributed by atoms with Crippen molar-refractivity contribution in [3.63, 3.8) is 0 Å². The van der Waals surface area contributed by atoms with Crippen molar-refractivity contribution in [2.45, 2.75) is 20.0 Å². The number of hydrogen-bond acceptors (Lipinski definition) is 3. The lowest BCUT2D eigenvalue weighted by atomic mass is 10.1. The highest BCUT2D eigenvalue weighted by molar-refractivity contribution is 5.36. The van der Waals surface area contributed by atoms with Crippen LogP contribution < -0.4 is 10.5 Å². The van der Waals surface area contributed by atoms with Crippen LogP contribution in [0.3, 0.4) is 0 Å². The zero-order valence-corrected chi connectivity index (χ0v) is 12.9. The number of methoxy groups -OCH3 is 1. The fourth-order valence-electron chi connectivity index (χ4n) is 2.46. The second-order valence-corrected chi connectivity index (χ2v) is 5.29. The summed E-state index contributed by atoms with van der Waals surface area (Å²) in [5.74, 6) is 0.944. The predicted molar refractivity (Wildman–Crippen MR) is 87.3 cm³/mol. The molecule has 0 saturated heterocycles.